The Morgan fingerprint density at radius 3 is 2.73 bits per heavy atom. The molecule has 1 aromatic heterocycles. The molecule has 0 bridgehead atoms. The molecule has 0 aliphatic heterocycles. The van der Waals surface area contributed by atoms with Crippen molar-refractivity contribution in [2.75, 3.05) is 5.32 Å². The number of halogens is 3. The summed E-state index contributed by atoms with van der Waals surface area (Å²) in [5.41, 5.74) is 0.486. The van der Waals surface area contributed by atoms with Crippen molar-refractivity contribution in [1.82, 2.24) is 4.98 Å². The lowest BCUT2D eigenvalue weighted by molar-refractivity contribution is -0.157. The van der Waals surface area contributed by atoms with E-state index < -0.39 is 29.6 Å². The second-order valence-corrected chi connectivity index (χ2v) is 4.28. The number of phenols is 1. The number of benzene rings is 1. The molecule has 0 spiro atoms. The number of nitrogens with zero attached hydrogens (tertiary/aromatic N) is 2. The van der Waals surface area contributed by atoms with Crippen LogP contribution < -0.4 is 5.32 Å². The number of hydrogen-bond acceptors (Lipinski definition) is 5. The highest BCUT2D eigenvalue weighted by Gasteiger charge is 2.39. The molecule has 9 heteroatoms. The molecule has 0 aliphatic rings. The Hall–Kier alpha value is -3.02. The Morgan fingerprint density at radius 2 is 2.14 bits per heavy atom. The molecule has 0 fully saturated rings. The topological polar surface area (TPSA) is 99.2 Å². The van der Waals surface area contributed by atoms with Crippen molar-refractivity contribution >= 4 is 11.7 Å². The molecule has 22 heavy (non-hydrogen) atoms. The molecule has 0 saturated heterocycles. The number of alkyl halides is 3. The fourth-order valence-corrected chi connectivity index (χ4v) is 1.61. The number of carbonyl (C=O) groups excluding carboxylic acids is 1. The summed E-state index contributed by atoms with van der Waals surface area (Å²) in [5, 5.41) is 20.3. The zero-order valence-corrected chi connectivity index (χ0v) is 11.0. The fourth-order valence-electron chi connectivity index (χ4n) is 1.61. The third-order valence-corrected chi connectivity index (χ3v) is 2.60. The molecule has 0 aliphatic carbocycles. The van der Waals surface area contributed by atoms with Gasteiger partial charge in [-0.15, -0.1) is 0 Å². The predicted octanol–water partition coefficient (Wildman–Crippen LogP) is 2.83. The van der Waals surface area contributed by atoms with Crippen molar-refractivity contribution in [2.24, 2.45) is 0 Å². The van der Waals surface area contributed by atoms with E-state index in [1.54, 1.807) is 13.0 Å². The highest BCUT2D eigenvalue weighted by molar-refractivity contribution is 6.06. The van der Waals surface area contributed by atoms with Gasteiger partial charge in [-0.1, -0.05) is 11.6 Å². The first-order chi connectivity index (χ1) is 10.2. The number of carbonyl (C=O) groups is 1. The summed E-state index contributed by atoms with van der Waals surface area (Å²) in [6.07, 6.45) is -4.89. The Morgan fingerprint density at radius 1 is 1.45 bits per heavy atom. The number of nitriles is 1. The van der Waals surface area contributed by atoms with Crippen molar-refractivity contribution in [3.63, 3.8) is 0 Å². The third kappa shape index (κ3) is 3.01. The van der Waals surface area contributed by atoms with Crippen LogP contribution in [0.2, 0.25) is 0 Å². The Bertz CT molecular complexity index is 775. The quantitative estimate of drug-likeness (QED) is 0.888. The molecule has 2 N–H and O–H groups in total. The van der Waals surface area contributed by atoms with Crippen LogP contribution in [0.5, 0.6) is 5.75 Å². The number of amides is 1. The summed E-state index contributed by atoms with van der Waals surface area (Å²) in [6, 6.07) is 5.51. The molecular weight excluding hydrogens is 303 g/mol. The van der Waals surface area contributed by atoms with Gasteiger partial charge in [0.2, 0.25) is 5.76 Å². The maximum absolute atomic E-state index is 12.5. The first kappa shape index (κ1) is 15.4. The summed E-state index contributed by atoms with van der Waals surface area (Å²) in [5.74, 6) is -4.37. The summed E-state index contributed by atoms with van der Waals surface area (Å²) < 4.78 is 41.7. The van der Waals surface area contributed by atoms with E-state index in [4.69, 9.17) is 5.26 Å². The molecule has 0 saturated carbocycles. The summed E-state index contributed by atoms with van der Waals surface area (Å²) >= 11 is 0. The van der Waals surface area contributed by atoms with E-state index in [2.05, 4.69) is 9.40 Å². The smallest absolute Gasteiger partial charge is 0.469 e. The molecule has 2 aromatic rings. The van der Waals surface area contributed by atoms with Gasteiger partial charge in [-0.2, -0.15) is 23.4 Å². The zero-order valence-electron chi connectivity index (χ0n) is 11.0. The van der Waals surface area contributed by atoms with E-state index in [9.17, 15) is 23.1 Å². The number of aryl methyl sites for hydroxylation is 1. The largest absolute Gasteiger partial charge is 0.507 e. The van der Waals surface area contributed by atoms with Gasteiger partial charge in [-0.05, 0) is 19.1 Å². The minimum Gasteiger partial charge on any atom is -0.507 e. The number of aromatic nitrogens is 1. The van der Waals surface area contributed by atoms with E-state index in [0.29, 0.717) is 5.56 Å². The third-order valence-electron chi connectivity index (χ3n) is 2.60. The molecule has 1 amide bonds. The minimum atomic E-state index is -4.89. The molecule has 2 rings (SSSR count). The Kier molecular flexibility index (Phi) is 3.77. The first-order valence-electron chi connectivity index (χ1n) is 5.81. The number of hydrogen-bond donors (Lipinski definition) is 2. The molecule has 6 nitrogen and oxygen atoms in total. The van der Waals surface area contributed by atoms with Gasteiger partial charge < -0.3 is 14.8 Å². The second kappa shape index (κ2) is 5.40. The van der Waals surface area contributed by atoms with Crippen LogP contribution in [0.3, 0.4) is 0 Å². The van der Waals surface area contributed by atoms with E-state index in [1.165, 1.54) is 18.2 Å². The van der Waals surface area contributed by atoms with Crippen molar-refractivity contribution in [3.05, 3.63) is 41.0 Å². The van der Waals surface area contributed by atoms with Gasteiger partial charge in [0.05, 0.1) is 5.56 Å². The molecule has 0 radical (unpaired) electrons. The number of rotatable bonds is 2. The SMILES string of the molecule is Cc1ccc(O)c(C(=O)Nc2nc(C(F)(F)F)oc2C#N)c1. The lowest BCUT2D eigenvalue weighted by Gasteiger charge is -2.05. The van der Waals surface area contributed by atoms with E-state index in [1.807, 2.05) is 5.32 Å². The average molecular weight is 311 g/mol. The summed E-state index contributed by atoms with van der Waals surface area (Å²) in [4.78, 5) is 15.0. The molecule has 1 heterocycles. The highest BCUT2D eigenvalue weighted by Crippen LogP contribution is 2.31. The predicted molar refractivity (Wildman–Crippen MR) is 67.0 cm³/mol. The number of aromatic hydroxyl groups is 1. The molecule has 0 unspecified atom stereocenters. The summed E-state index contributed by atoms with van der Waals surface area (Å²) in [6.45, 7) is 1.66. The van der Waals surface area contributed by atoms with Crippen LogP contribution >= 0.6 is 0 Å². The van der Waals surface area contributed by atoms with Gasteiger partial charge in [0.1, 0.15) is 11.8 Å². The van der Waals surface area contributed by atoms with Crippen LogP contribution in [0.4, 0.5) is 19.0 Å². The van der Waals surface area contributed by atoms with Gasteiger partial charge in [0, 0.05) is 0 Å². The lowest BCUT2D eigenvalue weighted by Crippen LogP contribution is -2.14. The second-order valence-electron chi connectivity index (χ2n) is 4.28. The van der Waals surface area contributed by atoms with Crippen molar-refractivity contribution < 1.29 is 27.5 Å². The van der Waals surface area contributed by atoms with Crippen LogP contribution in [-0.4, -0.2) is 16.0 Å². The van der Waals surface area contributed by atoms with Crippen molar-refractivity contribution in [2.45, 2.75) is 13.1 Å². The van der Waals surface area contributed by atoms with Crippen LogP contribution in [0, 0.1) is 18.3 Å². The Labute approximate surface area is 121 Å². The van der Waals surface area contributed by atoms with Gasteiger partial charge in [-0.25, -0.2) is 0 Å². The molecular formula is C13H8F3N3O3. The van der Waals surface area contributed by atoms with Crippen molar-refractivity contribution in [1.29, 1.82) is 5.26 Å². The summed E-state index contributed by atoms with van der Waals surface area (Å²) in [7, 11) is 0. The maximum Gasteiger partial charge on any atom is 0.469 e. The average Bonchev–Trinajstić information content (AvgIpc) is 2.84. The van der Waals surface area contributed by atoms with Gasteiger partial charge >= 0.3 is 12.1 Å². The molecule has 1 aromatic carbocycles. The minimum absolute atomic E-state index is 0.166. The van der Waals surface area contributed by atoms with Crippen LogP contribution in [0.1, 0.15) is 27.6 Å². The maximum atomic E-state index is 12.5. The van der Waals surface area contributed by atoms with E-state index >= 15 is 0 Å². The van der Waals surface area contributed by atoms with E-state index in [-0.39, 0.29) is 11.3 Å². The number of oxazole rings is 1. The van der Waals surface area contributed by atoms with Crippen LogP contribution in [0.15, 0.2) is 22.6 Å². The van der Waals surface area contributed by atoms with Gasteiger partial charge in [0.25, 0.3) is 5.91 Å². The standard InChI is InChI=1S/C13H8F3N3O3/c1-6-2-3-8(20)7(4-6)11(21)18-10-9(5-17)22-12(19-10)13(14,15)16/h2-4,20H,1H3,(H,18,21). The van der Waals surface area contributed by atoms with Crippen LogP contribution in [-0.2, 0) is 6.18 Å². The highest BCUT2D eigenvalue weighted by atomic mass is 19.4. The lowest BCUT2D eigenvalue weighted by atomic mass is 10.1. The Balaban J connectivity index is 2.35. The van der Waals surface area contributed by atoms with Gasteiger partial charge in [0.15, 0.2) is 5.82 Å². The fraction of sp³-hybridized carbons (Fsp3) is 0.154. The first-order valence-corrected chi connectivity index (χ1v) is 5.81. The zero-order chi connectivity index (χ0) is 16.5. The number of nitrogens with one attached hydrogen (secondary N) is 1. The monoisotopic (exact) mass is 311 g/mol. The molecule has 114 valence electrons. The van der Waals surface area contributed by atoms with Crippen LogP contribution in [0.25, 0.3) is 0 Å². The van der Waals surface area contributed by atoms with Gasteiger partial charge in [-0.3, -0.25) is 4.79 Å². The van der Waals surface area contributed by atoms with E-state index in [0.717, 1.165) is 0 Å². The van der Waals surface area contributed by atoms with Crippen molar-refractivity contribution in [3.8, 4) is 11.8 Å². The number of anilines is 1. The molecule has 0 atom stereocenters. The normalized spacial score (nSPS) is 11.0. The number of phenolic OH excluding ortho intramolecular Hbond substituents is 1.